The molecule has 4 heteroatoms. The number of thiocarbonyl (C=S) groups is 1. The van der Waals surface area contributed by atoms with Crippen molar-refractivity contribution in [3.05, 3.63) is 28.8 Å². The lowest BCUT2D eigenvalue weighted by molar-refractivity contribution is 0.825. The molecule has 0 heterocycles. The van der Waals surface area contributed by atoms with Crippen LogP contribution < -0.4 is 10.6 Å². The van der Waals surface area contributed by atoms with Gasteiger partial charge in [0, 0.05) is 18.3 Å². The van der Waals surface area contributed by atoms with Crippen LogP contribution in [0.1, 0.15) is 25.3 Å². The van der Waals surface area contributed by atoms with Crippen LogP contribution in [0.25, 0.3) is 0 Å². The molecule has 1 aliphatic carbocycles. The van der Waals surface area contributed by atoms with Gasteiger partial charge in [0.1, 0.15) is 4.99 Å². The summed E-state index contributed by atoms with van der Waals surface area (Å²) in [6.07, 6.45) is 2.49. The van der Waals surface area contributed by atoms with E-state index in [1.54, 1.807) is 0 Å². The molecule has 1 aromatic rings. The Hall–Kier alpha value is -0.800. The van der Waals surface area contributed by atoms with Crippen LogP contribution in [0.4, 0.5) is 5.69 Å². The molecule has 1 aromatic carbocycles. The van der Waals surface area contributed by atoms with Gasteiger partial charge in [-0.05, 0) is 31.9 Å². The van der Waals surface area contributed by atoms with Crippen LogP contribution in [0.15, 0.2) is 18.2 Å². The van der Waals surface area contributed by atoms with Gasteiger partial charge < -0.3 is 10.6 Å². The standard InChI is InChI=1S/C12H15ClN2S/c1-2-15(8-6-7-8)10-5-3-4-9(13)11(10)12(14)16/h3-5,8H,2,6-7H2,1H3,(H2,14,16). The summed E-state index contributed by atoms with van der Waals surface area (Å²) in [5, 5.41) is 0.643. The molecule has 0 radical (unpaired) electrons. The van der Waals surface area contributed by atoms with E-state index in [0.717, 1.165) is 17.8 Å². The van der Waals surface area contributed by atoms with E-state index in [0.29, 0.717) is 16.1 Å². The van der Waals surface area contributed by atoms with Crippen LogP contribution >= 0.6 is 23.8 Å². The number of nitrogens with zero attached hydrogens (tertiary/aromatic N) is 1. The van der Waals surface area contributed by atoms with Crippen LogP contribution in [0.5, 0.6) is 0 Å². The third-order valence-corrected chi connectivity index (χ3v) is 3.39. The zero-order valence-electron chi connectivity index (χ0n) is 9.24. The van der Waals surface area contributed by atoms with Gasteiger partial charge in [-0.25, -0.2) is 0 Å². The van der Waals surface area contributed by atoms with Gasteiger partial charge >= 0.3 is 0 Å². The van der Waals surface area contributed by atoms with Crippen molar-refractivity contribution in [2.75, 3.05) is 11.4 Å². The number of hydrogen-bond donors (Lipinski definition) is 1. The molecule has 16 heavy (non-hydrogen) atoms. The molecule has 1 saturated carbocycles. The Morgan fingerprint density at radius 2 is 2.25 bits per heavy atom. The molecule has 0 aromatic heterocycles. The van der Waals surface area contributed by atoms with Gasteiger partial charge in [0.25, 0.3) is 0 Å². The summed E-state index contributed by atoms with van der Waals surface area (Å²) in [5.74, 6) is 0. The highest BCUT2D eigenvalue weighted by Crippen LogP contribution is 2.35. The minimum atomic E-state index is 0.375. The topological polar surface area (TPSA) is 29.3 Å². The maximum Gasteiger partial charge on any atom is 0.107 e. The number of nitrogens with two attached hydrogens (primary N) is 1. The van der Waals surface area contributed by atoms with Crippen molar-refractivity contribution >= 4 is 34.5 Å². The average molecular weight is 255 g/mol. The summed E-state index contributed by atoms with van der Waals surface area (Å²) in [6, 6.07) is 6.46. The lowest BCUT2D eigenvalue weighted by Gasteiger charge is -2.25. The Labute approximate surface area is 106 Å². The molecule has 2 N–H and O–H groups in total. The fourth-order valence-corrected chi connectivity index (χ4v) is 2.55. The number of halogens is 1. The van der Waals surface area contributed by atoms with Crippen LogP contribution in [-0.2, 0) is 0 Å². The molecule has 1 aliphatic rings. The lowest BCUT2D eigenvalue weighted by Crippen LogP contribution is -2.28. The first-order valence-electron chi connectivity index (χ1n) is 5.50. The van der Waals surface area contributed by atoms with Crippen molar-refractivity contribution in [3.8, 4) is 0 Å². The van der Waals surface area contributed by atoms with E-state index in [1.807, 2.05) is 18.2 Å². The van der Waals surface area contributed by atoms with Crippen LogP contribution in [0, 0.1) is 0 Å². The first kappa shape index (κ1) is 11.7. The number of anilines is 1. The fourth-order valence-electron chi connectivity index (χ4n) is 2.01. The number of rotatable bonds is 4. The highest BCUT2D eigenvalue weighted by atomic mass is 35.5. The lowest BCUT2D eigenvalue weighted by atomic mass is 10.1. The minimum absolute atomic E-state index is 0.375. The molecule has 2 rings (SSSR count). The Kier molecular flexibility index (Phi) is 3.36. The second-order valence-corrected chi connectivity index (χ2v) is 4.86. The van der Waals surface area contributed by atoms with E-state index in [4.69, 9.17) is 29.6 Å². The van der Waals surface area contributed by atoms with Crippen molar-refractivity contribution < 1.29 is 0 Å². The van der Waals surface area contributed by atoms with Crippen molar-refractivity contribution in [1.29, 1.82) is 0 Å². The zero-order chi connectivity index (χ0) is 11.7. The van der Waals surface area contributed by atoms with Gasteiger partial charge in [-0.3, -0.25) is 0 Å². The maximum atomic E-state index is 6.16. The quantitative estimate of drug-likeness (QED) is 0.838. The maximum absolute atomic E-state index is 6.16. The Morgan fingerprint density at radius 1 is 1.56 bits per heavy atom. The first-order chi connectivity index (χ1) is 7.65. The summed E-state index contributed by atoms with van der Waals surface area (Å²) in [7, 11) is 0. The molecule has 0 bridgehead atoms. The molecule has 0 atom stereocenters. The third kappa shape index (κ3) is 2.15. The average Bonchev–Trinajstić information content (AvgIpc) is 3.02. The Balaban J connectivity index is 2.45. The summed E-state index contributed by atoms with van der Waals surface area (Å²) in [5.41, 5.74) is 7.64. The summed E-state index contributed by atoms with van der Waals surface area (Å²) in [6.45, 7) is 3.10. The first-order valence-corrected chi connectivity index (χ1v) is 6.28. The smallest absolute Gasteiger partial charge is 0.107 e. The number of benzene rings is 1. The molecule has 0 spiro atoms. The van der Waals surface area contributed by atoms with E-state index >= 15 is 0 Å². The van der Waals surface area contributed by atoms with Crippen LogP contribution in [-0.4, -0.2) is 17.6 Å². The van der Waals surface area contributed by atoms with Crippen molar-refractivity contribution in [2.45, 2.75) is 25.8 Å². The van der Waals surface area contributed by atoms with Crippen molar-refractivity contribution in [3.63, 3.8) is 0 Å². The van der Waals surface area contributed by atoms with Gasteiger partial charge in [0.05, 0.1) is 10.6 Å². The van der Waals surface area contributed by atoms with E-state index in [9.17, 15) is 0 Å². The Morgan fingerprint density at radius 3 is 2.75 bits per heavy atom. The van der Waals surface area contributed by atoms with Crippen LogP contribution in [0.2, 0.25) is 5.02 Å². The second-order valence-electron chi connectivity index (χ2n) is 4.02. The highest BCUT2D eigenvalue weighted by Gasteiger charge is 2.30. The molecule has 2 nitrogen and oxygen atoms in total. The van der Waals surface area contributed by atoms with E-state index in [2.05, 4.69) is 11.8 Å². The largest absolute Gasteiger partial charge is 0.389 e. The summed E-state index contributed by atoms with van der Waals surface area (Å²) >= 11 is 11.2. The van der Waals surface area contributed by atoms with Gasteiger partial charge in [-0.15, -0.1) is 0 Å². The second kappa shape index (κ2) is 4.60. The number of hydrogen-bond acceptors (Lipinski definition) is 2. The van der Waals surface area contributed by atoms with Crippen molar-refractivity contribution in [1.82, 2.24) is 0 Å². The zero-order valence-corrected chi connectivity index (χ0v) is 10.8. The molecule has 0 aliphatic heterocycles. The van der Waals surface area contributed by atoms with Crippen molar-refractivity contribution in [2.24, 2.45) is 5.73 Å². The molecular formula is C12H15ClN2S. The molecule has 1 fully saturated rings. The van der Waals surface area contributed by atoms with Gasteiger partial charge in [0.15, 0.2) is 0 Å². The molecule has 0 unspecified atom stereocenters. The molecular weight excluding hydrogens is 240 g/mol. The van der Waals surface area contributed by atoms with E-state index < -0.39 is 0 Å². The highest BCUT2D eigenvalue weighted by molar-refractivity contribution is 7.80. The van der Waals surface area contributed by atoms with Gasteiger partial charge in [-0.1, -0.05) is 29.9 Å². The summed E-state index contributed by atoms with van der Waals surface area (Å²) in [4.78, 5) is 2.71. The molecule has 86 valence electrons. The fraction of sp³-hybridized carbons (Fsp3) is 0.417. The predicted octanol–water partition coefficient (Wildman–Crippen LogP) is 2.96. The van der Waals surface area contributed by atoms with Gasteiger partial charge in [-0.2, -0.15) is 0 Å². The van der Waals surface area contributed by atoms with Gasteiger partial charge in [0.2, 0.25) is 0 Å². The minimum Gasteiger partial charge on any atom is -0.389 e. The third-order valence-electron chi connectivity index (χ3n) is 2.88. The van der Waals surface area contributed by atoms with E-state index in [-0.39, 0.29) is 0 Å². The van der Waals surface area contributed by atoms with Crippen LogP contribution in [0.3, 0.4) is 0 Å². The normalized spacial score (nSPS) is 14.9. The predicted molar refractivity (Wildman–Crippen MR) is 73.4 cm³/mol. The molecule has 0 saturated heterocycles. The molecule has 0 amide bonds. The SMILES string of the molecule is CCN(c1cccc(Cl)c1C(N)=S)C1CC1. The summed E-state index contributed by atoms with van der Waals surface area (Å²) < 4.78 is 0. The Bertz CT molecular complexity index is 415. The monoisotopic (exact) mass is 254 g/mol. The van der Waals surface area contributed by atoms with E-state index in [1.165, 1.54) is 12.8 Å².